The Morgan fingerprint density at radius 3 is 2.68 bits per heavy atom. The lowest BCUT2D eigenvalue weighted by Crippen LogP contribution is -1.99. The van der Waals surface area contributed by atoms with Gasteiger partial charge in [0.1, 0.15) is 10.4 Å². The van der Waals surface area contributed by atoms with E-state index in [2.05, 4.69) is 68.8 Å². The molecule has 1 aromatic carbocycles. The van der Waals surface area contributed by atoms with Gasteiger partial charge in [-0.3, -0.25) is 0 Å². The highest BCUT2D eigenvalue weighted by atomic mass is 79.9. The van der Waals surface area contributed by atoms with E-state index in [1.807, 2.05) is 12.1 Å². The highest BCUT2D eigenvalue weighted by molar-refractivity contribution is 9.10. The van der Waals surface area contributed by atoms with Gasteiger partial charge in [-0.1, -0.05) is 30.3 Å². The van der Waals surface area contributed by atoms with E-state index >= 15 is 0 Å². The number of fused-ring (bicyclic) bond motifs is 1. The van der Waals surface area contributed by atoms with Crippen molar-refractivity contribution in [1.29, 1.82) is 0 Å². The fourth-order valence-electron chi connectivity index (χ4n) is 2.37. The normalized spacial score (nSPS) is 11.1. The molecular formula is C16H15BrN2. The van der Waals surface area contributed by atoms with E-state index in [-0.39, 0.29) is 0 Å². The van der Waals surface area contributed by atoms with Crippen LogP contribution in [-0.2, 0) is 12.8 Å². The zero-order valence-corrected chi connectivity index (χ0v) is 12.4. The number of hydrogen-bond donors (Lipinski definition) is 0. The van der Waals surface area contributed by atoms with Gasteiger partial charge < -0.3 is 4.40 Å². The van der Waals surface area contributed by atoms with Gasteiger partial charge in [-0.05, 0) is 52.5 Å². The molecular weight excluding hydrogens is 300 g/mol. The van der Waals surface area contributed by atoms with Crippen molar-refractivity contribution < 1.29 is 0 Å². The summed E-state index contributed by atoms with van der Waals surface area (Å²) < 4.78 is 3.08. The molecule has 2 heterocycles. The molecule has 0 aliphatic carbocycles. The Morgan fingerprint density at radius 2 is 1.84 bits per heavy atom. The molecule has 0 fully saturated rings. The average molecular weight is 315 g/mol. The van der Waals surface area contributed by atoms with Gasteiger partial charge >= 0.3 is 0 Å². The number of pyridine rings is 1. The first-order chi connectivity index (χ1) is 9.25. The molecule has 3 heteroatoms. The van der Waals surface area contributed by atoms with Crippen LogP contribution in [0.15, 0.2) is 53.3 Å². The standard InChI is InChI=1S/C16H15BrN2/c1-12-6-2-3-7-13(12)9-10-15-18-16(17)14-8-4-5-11-19(14)15/h2-8,11H,9-10H2,1H3. The maximum atomic E-state index is 4.61. The third-order valence-electron chi connectivity index (χ3n) is 3.46. The van der Waals surface area contributed by atoms with Crippen LogP contribution in [0.2, 0.25) is 0 Å². The fourth-order valence-corrected chi connectivity index (χ4v) is 2.90. The predicted molar refractivity (Wildman–Crippen MR) is 81.5 cm³/mol. The number of aromatic nitrogens is 2. The van der Waals surface area contributed by atoms with Crippen LogP contribution >= 0.6 is 15.9 Å². The fraction of sp³-hybridized carbons (Fsp3) is 0.188. The molecule has 19 heavy (non-hydrogen) atoms. The summed E-state index contributed by atoms with van der Waals surface area (Å²) in [7, 11) is 0. The van der Waals surface area contributed by atoms with E-state index in [1.54, 1.807) is 0 Å². The van der Waals surface area contributed by atoms with Crippen molar-refractivity contribution in [2.45, 2.75) is 19.8 Å². The molecule has 0 N–H and O–H groups in total. The number of hydrogen-bond acceptors (Lipinski definition) is 1. The minimum atomic E-state index is 0.924. The molecule has 0 aliphatic rings. The number of rotatable bonds is 3. The summed E-state index contributed by atoms with van der Waals surface area (Å²) in [6.45, 7) is 2.16. The molecule has 2 nitrogen and oxygen atoms in total. The zero-order chi connectivity index (χ0) is 13.2. The summed E-state index contributed by atoms with van der Waals surface area (Å²) in [6.07, 6.45) is 4.04. The van der Waals surface area contributed by atoms with E-state index < -0.39 is 0 Å². The smallest absolute Gasteiger partial charge is 0.132 e. The van der Waals surface area contributed by atoms with Gasteiger partial charge in [0.05, 0.1) is 5.52 Å². The lowest BCUT2D eigenvalue weighted by molar-refractivity contribution is 0.848. The lowest BCUT2D eigenvalue weighted by Gasteiger charge is -2.05. The molecule has 0 radical (unpaired) electrons. The van der Waals surface area contributed by atoms with Gasteiger partial charge in [-0.2, -0.15) is 0 Å². The first-order valence-electron chi connectivity index (χ1n) is 6.41. The maximum absolute atomic E-state index is 4.61. The molecule has 3 rings (SSSR count). The maximum Gasteiger partial charge on any atom is 0.132 e. The van der Waals surface area contributed by atoms with Gasteiger partial charge in [0, 0.05) is 12.6 Å². The summed E-state index contributed by atoms with van der Waals surface area (Å²) in [4.78, 5) is 4.61. The van der Waals surface area contributed by atoms with Crippen LogP contribution in [0.5, 0.6) is 0 Å². The van der Waals surface area contributed by atoms with Crippen molar-refractivity contribution >= 4 is 21.4 Å². The highest BCUT2D eigenvalue weighted by Crippen LogP contribution is 2.20. The van der Waals surface area contributed by atoms with E-state index in [1.165, 1.54) is 11.1 Å². The molecule has 0 saturated carbocycles. The summed E-state index contributed by atoms with van der Waals surface area (Å²) in [5.74, 6) is 1.10. The van der Waals surface area contributed by atoms with Crippen molar-refractivity contribution in [3.8, 4) is 0 Å². The minimum absolute atomic E-state index is 0.924. The quantitative estimate of drug-likeness (QED) is 0.708. The summed E-state index contributed by atoms with van der Waals surface area (Å²) in [6, 6.07) is 14.7. The Balaban J connectivity index is 1.88. The van der Waals surface area contributed by atoms with E-state index in [9.17, 15) is 0 Å². The SMILES string of the molecule is Cc1ccccc1CCc1nc(Br)c2ccccn12. The van der Waals surface area contributed by atoms with Crippen LogP contribution in [0.3, 0.4) is 0 Å². The number of halogens is 1. The summed E-state index contributed by atoms with van der Waals surface area (Å²) >= 11 is 3.53. The van der Waals surface area contributed by atoms with E-state index in [0.717, 1.165) is 28.8 Å². The Morgan fingerprint density at radius 1 is 1.05 bits per heavy atom. The molecule has 0 unspecified atom stereocenters. The third-order valence-corrected chi connectivity index (χ3v) is 4.04. The Labute approximate surface area is 121 Å². The van der Waals surface area contributed by atoms with Gasteiger partial charge in [0.25, 0.3) is 0 Å². The van der Waals surface area contributed by atoms with E-state index in [0.29, 0.717) is 0 Å². The predicted octanol–water partition coefficient (Wildman–Crippen LogP) is 4.19. The van der Waals surface area contributed by atoms with Gasteiger partial charge in [0.15, 0.2) is 0 Å². The van der Waals surface area contributed by atoms with Crippen molar-refractivity contribution in [2.24, 2.45) is 0 Å². The first kappa shape index (κ1) is 12.4. The van der Waals surface area contributed by atoms with Gasteiger partial charge in [-0.25, -0.2) is 4.98 Å². The number of benzene rings is 1. The summed E-state index contributed by atoms with van der Waals surface area (Å²) in [5, 5.41) is 0. The first-order valence-corrected chi connectivity index (χ1v) is 7.21. The molecule has 96 valence electrons. The summed E-state index contributed by atoms with van der Waals surface area (Å²) in [5.41, 5.74) is 3.87. The second-order valence-electron chi connectivity index (χ2n) is 4.70. The second-order valence-corrected chi connectivity index (χ2v) is 5.45. The lowest BCUT2D eigenvalue weighted by atomic mass is 10.0. The van der Waals surface area contributed by atoms with Crippen molar-refractivity contribution in [3.63, 3.8) is 0 Å². The minimum Gasteiger partial charge on any atom is -0.303 e. The second kappa shape index (κ2) is 5.17. The van der Waals surface area contributed by atoms with Crippen molar-refractivity contribution in [3.05, 3.63) is 70.2 Å². The molecule has 0 bridgehead atoms. The molecule has 0 saturated heterocycles. The van der Waals surface area contributed by atoms with Crippen molar-refractivity contribution in [1.82, 2.24) is 9.38 Å². The molecule has 0 aliphatic heterocycles. The van der Waals surface area contributed by atoms with Crippen LogP contribution in [0.4, 0.5) is 0 Å². The van der Waals surface area contributed by atoms with E-state index in [4.69, 9.17) is 0 Å². The van der Waals surface area contributed by atoms with Crippen LogP contribution in [0.1, 0.15) is 17.0 Å². The number of nitrogens with zero attached hydrogens (tertiary/aromatic N) is 2. The largest absolute Gasteiger partial charge is 0.303 e. The molecule has 0 amide bonds. The Kier molecular flexibility index (Phi) is 3.38. The Hall–Kier alpha value is -1.61. The van der Waals surface area contributed by atoms with Crippen LogP contribution in [0.25, 0.3) is 5.52 Å². The highest BCUT2D eigenvalue weighted by Gasteiger charge is 2.08. The topological polar surface area (TPSA) is 17.3 Å². The Bertz CT molecular complexity index is 716. The van der Waals surface area contributed by atoms with Gasteiger partial charge in [0.2, 0.25) is 0 Å². The molecule has 2 aromatic heterocycles. The number of aryl methyl sites for hydroxylation is 3. The van der Waals surface area contributed by atoms with Crippen LogP contribution < -0.4 is 0 Å². The van der Waals surface area contributed by atoms with Crippen molar-refractivity contribution in [2.75, 3.05) is 0 Å². The van der Waals surface area contributed by atoms with Gasteiger partial charge in [-0.15, -0.1) is 0 Å². The number of imidazole rings is 1. The van der Waals surface area contributed by atoms with Crippen LogP contribution in [0, 0.1) is 6.92 Å². The monoisotopic (exact) mass is 314 g/mol. The van der Waals surface area contributed by atoms with Crippen LogP contribution in [-0.4, -0.2) is 9.38 Å². The molecule has 0 atom stereocenters. The molecule has 3 aromatic rings. The average Bonchev–Trinajstić information content (AvgIpc) is 2.75. The third kappa shape index (κ3) is 2.43. The zero-order valence-electron chi connectivity index (χ0n) is 10.8. The molecule has 0 spiro atoms.